The summed E-state index contributed by atoms with van der Waals surface area (Å²) in [6, 6.07) is 16.9. The molecule has 0 saturated heterocycles. The normalized spacial score (nSPS) is 10.3. The molecule has 0 amide bonds. The molecule has 2 aromatic carbocycles. The van der Waals surface area contributed by atoms with Crippen LogP contribution in [0.15, 0.2) is 54.6 Å². The number of nitrogens with one attached hydrogen (secondary N) is 2. The predicted molar refractivity (Wildman–Crippen MR) is 102 cm³/mol. The average Bonchev–Trinajstić information content (AvgIpc) is 2.63. The van der Waals surface area contributed by atoms with Gasteiger partial charge in [-0.05, 0) is 44.2 Å². The van der Waals surface area contributed by atoms with Gasteiger partial charge in [-0.25, -0.2) is 9.78 Å². The highest BCUT2D eigenvalue weighted by molar-refractivity contribution is 5.90. The lowest BCUT2D eigenvalue weighted by Crippen LogP contribution is -2.04. The van der Waals surface area contributed by atoms with Crippen molar-refractivity contribution >= 4 is 29.1 Å². The number of carbonyl (C=O) groups is 1. The lowest BCUT2D eigenvalue weighted by atomic mass is 10.2. The summed E-state index contributed by atoms with van der Waals surface area (Å²) in [6.45, 7) is 3.94. The Morgan fingerprint density at radius 3 is 2.42 bits per heavy atom. The Morgan fingerprint density at radius 1 is 0.923 bits per heavy atom. The number of benzene rings is 2. The minimum absolute atomic E-state index is 0.380. The van der Waals surface area contributed by atoms with Crippen LogP contribution in [0.3, 0.4) is 0 Å². The maximum atomic E-state index is 11.7. The Labute approximate surface area is 152 Å². The van der Waals surface area contributed by atoms with Crippen LogP contribution in [0.25, 0.3) is 0 Å². The molecule has 26 heavy (non-hydrogen) atoms. The van der Waals surface area contributed by atoms with Gasteiger partial charge in [0.2, 0.25) is 5.95 Å². The zero-order chi connectivity index (χ0) is 18.5. The van der Waals surface area contributed by atoms with E-state index < -0.39 is 0 Å². The smallest absolute Gasteiger partial charge is 0.337 e. The first-order chi connectivity index (χ1) is 12.5. The molecule has 2 N–H and O–H groups in total. The minimum Gasteiger partial charge on any atom is -0.465 e. The first-order valence-electron chi connectivity index (χ1n) is 8.18. The molecule has 3 aromatic rings. The third-order valence-electron chi connectivity index (χ3n) is 3.72. The van der Waals surface area contributed by atoms with E-state index in [9.17, 15) is 4.79 Å². The molecule has 0 saturated carbocycles. The van der Waals surface area contributed by atoms with Crippen molar-refractivity contribution in [2.75, 3.05) is 17.7 Å². The molecule has 1 heterocycles. The molecular formula is C20H20N4O2. The number of hydrogen-bond donors (Lipinski definition) is 2. The van der Waals surface area contributed by atoms with E-state index in [-0.39, 0.29) is 5.97 Å². The number of anilines is 4. The molecule has 0 spiro atoms. The van der Waals surface area contributed by atoms with Gasteiger partial charge in [-0.3, -0.25) is 0 Å². The van der Waals surface area contributed by atoms with Gasteiger partial charge < -0.3 is 15.4 Å². The second-order valence-electron chi connectivity index (χ2n) is 5.91. The van der Waals surface area contributed by atoms with Gasteiger partial charge in [-0.1, -0.05) is 23.8 Å². The van der Waals surface area contributed by atoms with Crippen LogP contribution >= 0.6 is 0 Å². The number of methoxy groups -OCH3 is 1. The van der Waals surface area contributed by atoms with Crippen LogP contribution in [0, 0.1) is 13.8 Å². The fourth-order valence-electron chi connectivity index (χ4n) is 2.44. The van der Waals surface area contributed by atoms with Gasteiger partial charge in [0.25, 0.3) is 0 Å². The number of ether oxygens (including phenoxy) is 1. The Hall–Kier alpha value is -3.41. The highest BCUT2D eigenvalue weighted by Crippen LogP contribution is 2.20. The molecule has 6 heteroatoms. The maximum Gasteiger partial charge on any atom is 0.337 e. The standard InChI is InChI=1S/C20H20N4O2/c1-13-7-9-16(10-8-13)23-20-21-14(2)11-18(24-20)22-17-6-4-5-15(12-17)19(25)26-3/h4-12H,1-3H3,(H2,21,22,23,24). The van der Waals surface area contributed by atoms with Gasteiger partial charge in [-0.15, -0.1) is 0 Å². The zero-order valence-corrected chi connectivity index (χ0v) is 14.9. The van der Waals surface area contributed by atoms with E-state index in [1.165, 1.54) is 12.7 Å². The number of rotatable bonds is 5. The molecule has 3 rings (SSSR count). The van der Waals surface area contributed by atoms with Crippen molar-refractivity contribution < 1.29 is 9.53 Å². The van der Waals surface area contributed by atoms with Crippen LogP contribution in [0.2, 0.25) is 0 Å². The molecule has 0 radical (unpaired) electrons. The van der Waals surface area contributed by atoms with Gasteiger partial charge in [-0.2, -0.15) is 4.98 Å². The Bertz CT molecular complexity index is 923. The maximum absolute atomic E-state index is 11.7. The van der Waals surface area contributed by atoms with Crippen LogP contribution in [-0.2, 0) is 4.74 Å². The summed E-state index contributed by atoms with van der Waals surface area (Å²) in [4.78, 5) is 20.6. The average molecular weight is 348 g/mol. The first kappa shape index (κ1) is 17.4. The van der Waals surface area contributed by atoms with Gasteiger partial charge in [0.15, 0.2) is 0 Å². The molecule has 0 fully saturated rings. The van der Waals surface area contributed by atoms with Crippen molar-refractivity contribution in [1.82, 2.24) is 9.97 Å². The highest BCUT2D eigenvalue weighted by atomic mass is 16.5. The van der Waals surface area contributed by atoms with Crippen molar-refractivity contribution in [3.63, 3.8) is 0 Å². The van der Waals surface area contributed by atoms with Gasteiger partial charge >= 0.3 is 5.97 Å². The van der Waals surface area contributed by atoms with Crippen molar-refractivity contribution in [3.8, 4) is 0 Å². The van der Waals surface area contributed by atoms with Crippen LogP contribution < -0.4 is 10.6 Å². The predicted octanol–water partition coefficient (Wildman–Crippen LogP) is 4.37. The van der Waals surface area contributed by atoms with Crippen molar-refractivity contribution in [2.45, 2.75) is 13.8 Å². The molecule has 6 nitrogen and oxygen atoms in total. The van der Waals surface area contributed by atoms with E-state index in [0.29, 0.717) is 17.3 Å². The van der Waals surface area contributed by atoms with Crippen molar-refractivity contribution in [2.24, 2.45) is 0 Å². The molecule has 0 unspecified atom stereocenters. The summed E-state index contributed by atoms with van der Waals surface area (Å²) < 4.78 is 4.75. The van der Waals surface area contributed by atoms with Crippen molar-refractivity contribution in [3.05, 3.63) is 71.4 Å². The minimum atomic E-state index is -0.380. The summed E-state index contributed by atoms with van der Waals surface area (Å²) >= 11 is 0. The Balaban J connectivity index is 1.81. The molecular weight excluding hydrogens is 328 g/mol. The van der Waals surface area contributed by atoms with E-state index in [4.69, 9.17) is 4.74 Å². The number of aromatic nitrogens is 2. The second-order valence-corrected chi connectivity index (χ2v) is 5.91. The lowest BCUT2D eigenvalue weighted by molar-refractivity contribution is 0.0601. The second kappa shape index (κ2) is 7.65. The molecule has 1 aromatic heterocycles. The molecule has 132 valence electrons. The third kappa shape index (κ3) is 4.36. The van der Waals surface area contributed by atoms with Gasteiger partial charge in [0, 0.05) is 23.1 Å². The monoisotopic (exact) mass is 348 g/mol. The summed E-state index contributed by atoms with van der Waals surface area (Å²) in [5, 5.41) is 6.40. The Morgan fingerprint density at radius 2 is 1.69 bits per heavy atom. The number of aryl methyl sites for hydroxylation is 2. The van der Waals surface area contributed by atoms with Gasteiger partial charge in [0.05, 0.1) is 12.7 Å². The molecule has 0 aliphatic rings. The summed E-state index contributed by atoms with van der Waals surface area (Å²) in [7, 11) is 1.36. The number of carbonyl (C=O) groups excluding carboxylic acids is 1. The molecule has 0 aliphatic heterocycles. The SMILES string of the molecule is COC(=O)c1cccc(Nc2cc(C)nc(Nc3ccc(C)cc3)n2)c1. The highest BCUT2D eigenvalue weighted by Gasteiger charge is 2.07. The summed E-state index contributed by atoms with van der Waals surface area (Å²) in [6.07, 6.45) is 0. The topological polar surface area (TPSA) is 76.1 Å². The Kier molecular flexibility index (Phi) is 5.12. The summed E-state index contributed by atoms with van der Waals surface area (Å²) in [5.41, 5.74) is 4.14. The van der Waals surface area contributed by atoms with E-state index >= 15 is 0 Å². The molecule has 0 bridgehead atoms. The van der Waals surface area contributed by atoms with Gasteiger partial charge in [0.1, 0.15) is 5.82 Å². The fraction of sp³-hybridized carbons (Fsp3) is 0.150. The van der Waals surface area contributed by atoms with Crippen molar-refractivity contribution in [1.29, 1.82) is 0 Å². The third-order valence-corrected chi connectivity index (χ3v) is 3.72. The van der Waals surface area contributed by atoms with E-state index in [1.807, 2.05) is 50.2 Å². The first-order valence-corrected chi connectivity index (χ1v) is 8.18. The van der Waals surface area contributed by atoms with E-state index in [0.717, 1.165) is 17.1 Å². The van der Waals surface area contributed by atoms with E-state index in [1.54, 1.807) is 18.2 Å². The quantitative estimate of drug-likeness (QED) is 0.667. The van der Waals surface area contributed by atoms with E-state index in [2.05, 4.69) is 20.6 Å². The largest absolute Gasteiger partial charge is 0.465 e. The summed E-state index contributed by atoms with van der Waals surface area (Å²) in [5.74, 6) is 0.754. The van der Waals surface area contributed by atoms with Crippen LogP contribution in [0.5, 0.6) is 0 Å². The fourth-order valence-corrected chi connectivity index (χ4v) is 2.44. The number of hydrogen-bond acceptors (Lipinski definition) is 6. The lowest BCUT2D eigenvalue weighted by Gasteiger charge is -2.11. The molecule has 0 atom stereocenters. The van der Waals surface area contributed by atoms with Crippen LogP contribution in [0.4, 0.5) is 23.1 Å². The molecule has 0 aliphatic carbocycles. The van der Waals surface area contributed by atoms with Crippen LogP contribution in [-0.4, -0.2) is 23.0 Å². The zero-order valence-electron chi connectivity index (χ0n) is 14.9. The number of nitrogens with zero attached hydrogens (tertiary/aromatic N) is 2. The number of esters is 1. The van der Waals surface area contributed by atoms with Crippen LogP contribution in [0.1, 0.15) is 21.6 Å².